The van der Waals surface area contributed by atoms with Gasteiger partial charge in [-0.05, 0) is 38.2 Å². The maximum absolute atomic E-state index is 13.2. The number of thiazole rings is 1. The van der Waals surface area contributed by atoms with Gasteiger partial charge in [0.15, 0.2) is 0 Å². The molecule has 0 fully saturated rings. The van der Waals surface area contributed by atoms with E-state index in [1.54, 1.807) is 17.4 Å². The Morgan fingerprint density at radius 3 is 2.95 bits per heavy atom. The van der Waals surface area contributed by atoms with Crippen LogP contribution >= 0.6 is 11.3 Å². The molecule has 0 saturated heterocycles. The largest absolute Gasteiger partial charge is 0.459 e. The first kappa shape index (κ1) is 13.3. The van der Waals surface area contributed by atoms with Gasteiger partial charge in [0.25, 0.3) is 0 Å². The highest BCUT2D eigenvalue weighted by molar-refractivity contribution is 7.09. The molecule has 3 rings (SSSR count). The third-order valence-electron chi connectivity index (χ3n) is 3.23. The second-order valence-corrected chi connectivity index (χ2v) is 5.70. The molecule has 1 N–H and O–H groups in total. The monoisotopic (exact) mass is 290 g/mol. The van der Waals surface area contributed by atoms with Gasteiger partial charge in [0, 0.05) is 22.9 Å². The van der Waals surface area contributed by atoms with Crippen molar-refractivity contribution in [2.75, 3.05) is 7.05 Å². The number of halogens is 1. The molecule has 0 aliphatic rings. The Hall–Kier alpha value is -1.72. The third-order valence-corrected chi connectivity index (χ3v) is 4.22. The fourth-order valence-electron chi connectivity index (χ4n) is 2.22. The molecule has 2 heterocycles. The molecule has 3 aromatic rings. The zero-order chi connectivity index (χ0) is 14.1. The second-order valence-electron chi connectivity index (χ2n) is 4.76. The molecule has 3 nitrogen and oxygen atoms in total. The lowest BCUT2D eigenvalue weighted by molar-refractivity contribution is 0.450. The Bertz CT molecular complexity index is 734. The van der Waals surface area contributed by atoms with Crippen molar-refractivity contribution >= 4 is 22.3 Å². The van der Waals surface area contributed by atoms with Crippen LogP contribution < -0.4 is 5.32 Å². The van der Waals surface area contributed by atoms with Gasteiger partial charge in [0.1, 0.15) is 17.2 Å². The summed E-state index contributed by atoms with van der Waals surface area (Å²) >= 11 is 1.64. The molecular weight excluding hydrogens is 275 g/mol. The van der Waals surface area contributed by atoms with Crippen LogP contribution in [0.2, 0.25) is 0 Å². The van der Waals surface area contributed by atoms with E-state index in [2.05, 4.69) is 10.3 Å². The number of nitrogens with zero attached hydrogens (tertiary/aromatic N) is 1. The van der Waals surface area contributed by atoms with Crippen molar-refractivity contribution < 1.29 is 8.81 Å². The van der Waals surface area contributed by atoms with E-state index in [4.69, 9.17) is 4.42 Å². The van der Waals surface area contributed by atoms with Crippen LogP contribution in [0.5, 0.6) is 0 Å². The molecule has 0 saturated carbocycles. The molecule has 1 atom stereocenters. The normalized spacial score (nSPS) is 12.9. The minimum Gasteiger partial charge on any atom is -0.459 e. The van der Waals surface area contributed by atoms with Crippen LogP contribution in [0.15, 0.2) is 34.1 Å². The highest BCUT2D eigenvalue weighted by Gasteiger charge is 2.17. The number of hydrogen-bond acceptors (Lipinski definition) is 4. The molecule has 20 heavy (non-hydrogen) atoms. The van der Waals surface area contributed by atoms with E-state index in [0.29, 0.717) is 5.58 Å². The van der Waals surface area contributed by atoms with Crippen molar-refractivity contribution in [2.45, 2.75) is 19.4 Å². The number of aromatic nitrogens is 1. The van der Waals surface area contributed by atoms with Crippen molar-refractivity contribution in [3.05, 3.63) is 51.9 Å². The molecule has 104 valence electrons. The van der Waals surface area contributed by atoms with Gasteiger partial charge in [-0.3, -0.25) is 0 Å². The number of furan rings is 1. The highest BCUT2D eigenvalue weighted by atomic mass is 32.1. The lowest BCUT2D eigenvalue weighted by Crippen LogP contribution is -2.18. The van der Waals surface area contributed by atoms with E-state index < -0.39 is 0 Å². The van der Waals surface area contributed by atoms with Gasteiger partial charge in [0.2, 0.25) is 0 Å². The minimum atomic E-state index is -0.249. The van der Waals surface area contributed by atoms with Crippen LogP contribution in [0.25, 0.3) is 11.0 Å². The van der Waals surface area contributed by atoms with E-state index in [-0.39, 0.29) is 11.9 Å². The van der Waals surface area contributed by atoms with Crippen LogP contribution in [-0.2, 0) is 6.42 Å². The molecule has 0 aliphatic carbocycles. The molecule has 0 aliphatic heterocycles. The number of benzene rings is 1. The van der Waals surface area contributed by atoms with Gasteiger partial charge >= 0.3 is 0 Å². The van der Waals surface area contributed by atoms with E-state index in [9.17, 15) is 4.39 Å². The van der Waals surface area contributed by atoms with E-state index in [1.165, 1.54) is 12.1 Å². The summed E-state index contributed by atoms with van der Waals surface area (Å²) in [6.45, 7) is 1.98. The molecule has 5 heteroatoms. The van der Waals surface area contributed by atoms with Crippen LogP contribution in [0, 0.1) is 12.7 Å². The summed E-state index contributed by atoms with van der Waals surface area (Å²) in [6, 6.07) is 6.49. The summed E-state index contributed by atoms with van der Waals surface area (Å²) in [5.74, 6) is 0.558. The Labute approximate surface area is 120 Å². The van der Waals surface area contributed by atoms with Crippen molar-refractivity contribution in [1.29, 1.82) is 0 Å². The van der Waals surface area contributed by atoms with Crippen LogP contribution in [0.4, 0.5) is 4.39 Å². The number of fused-ring (bicyclic) bond motifs is 1. The van der Waals surface area contributed by atoms with E-state index in [0.717, 1.165) is 28.3 Å². The predicted molar refractivity (Wildman–Crippen MR) is 78.5 cm³/mol. The lowest BCUT2D eigenvalue weighted by atomic mass is 10.1. The maximum Gasteiger partial charge on any atom is 0.134 e. The third kappa shape index (κ3) is 2.59. The summed E-state index contributed by atoms with van der Waals surface area (Å²) in [7, 11) is 1.89. The highest BCUT2D eigenvalue weighted by Crippen LogP contribution is 2.27. The molecular formula is C15H15FN2OS. The first-order valence-electron chi connectivity index (χ1n) is 6.43. The van der Waals surface area contributed by atoms with Gasteiger partial charge in [0.05, 0.1) is 11.0 Å². The Balaban J connectivity index is 1.90. The van der Waals surface area contributed by atoms with Gasteiger partial charge < -0.3 is 9.73 Å². The SMILES string of the molecule is CNC(Cc1nc(C)cs1)c1cc2cc(F)ccc2o1. The maximum atomic E-state index is 13.2. The molecule has 0 bridgehead atoms. The first-order chi connectivity index (χ1) is 9.65. The topological polar surface area (TPSA) is 38.1 Å². The summed E-state index contributed by atoms with van der Waals surface area (Å²) in [5.41, 5.74) is 1.74. The summed E-state index contributed by atoms with van der Waals surface area (Å²) in [5, 5.41) is 7.12. The van der Waals surface area contributed by atoms with Crippen LogP contribution in [-0.4, -0.2) is 12.0 Å². The summed E-state index contributed by atoms with van der Waals surface area (Å²) < 4.78 is 19.0. The first-order valence-corrected chi connectivity index (χ1v) is 7.31. The number of aryl methyl sites for hydroxylation is 1. The molecule has 1 aromatic carbocycles. The minimum absolute atomic E-state index is 0.0380. The van der Waals surface area contributed by atoms with E-state index >= 15 is 0 Å². The van der Waals surface area contributed by atoms with Gasteiger partial charge in [-0.2, -0.15) is 0 Å². The summed E-state index contributed by atoms with van der Waals surface area (Å²) in [6.07, 6.45) is 0.761. The number of hydrogen-bond donors (Lipinski definition) is 1. The fraction of sp³-hybridized carbons (Fsp3) is 0.267. The standard InChI is InChI=1S/C15H15FN2OS/c1-9-8-20-15(18-9)7-12(17-2)14-6-10-5-11(16)3-4-13(10)19-14/h3-6,8,12,17H,7H2,1-2H3. The predicted octanol–water partition coefficient (Wildman–Crippen LogP) is 3.84. The quantitative estimate of drug-likeness (QED) is 0.793. The Morgan fingerprint density at radius 2 is 2.25 bits per heavy atom. The number of nitrogens with one attached hydrogen (secondary N) is 1. The van der Waals surface area contributed by atoms with Crippen LogP contribution in [0.1, 0.15) is 22.5 Å². The smallest absolute Gasteiger partial charge is 0.134 e. The molecule has 1 unspecified atom stereocenters. The molecule has 0 radical (unpaired) electrons. The Morgan fingerprint density at radius 1 is 1.40 bits per heavy atom. The van der Waals surface area contributed by atoms with Crippen molar-refractivity contribution in [3.63, 3.8) is 0 Å². The van der Waals surface area contributed by atoms with Gasteiger partial charge in [-0.15, -0.1) is 11.3 Å². The van der Waals surface area contributed by atoms with Crippen molar-refractivity contribution in [2.24, 2.45) is 0 Å². The second kappa shape index (κ2) is 5.34. The van der Waals surface area contributed by atoms with Crippen molar-refractivity contribution in [1.82, 2.24) is 10.3 Å². The molecule has 0 amide bonds. The summed E-state index contributed by atoms with van der Waals surface area (Å²) in [4.78, 5) is 4.47. The average molecular weight is 290 g/mol. The van der Waals surface area contributed by atoms with Crippen molar-refractivity contribution in [3.8, 4) is 0 Å². The zero-order valence-corrected chi connectivity index (χ0v) is 12.1. The zero-order valence-electron chi connectivity index (χ0n) is 11.3. The Kier molecular flexibility index (Phi) is 3.54. The molecule has 2 aromatic heterocycles. The lowest BCUT2D eigenvalue weighted by Gasteiger charge is -2.11. The van der Waals surface area contributed by atoms with Gasteiger partial charge in [-0.1, -0.05) is 0 Å². The number of rotatable bonds is 4. The number of likely N-dealkylation sites (N-methyl/N-ethyl adjacent to an activating group) is 1. The molecule has 0 spiro atoms. The van der Waals surface area contributed by atoms with E-state index in [1.807, 2.05) is 25.4 Å². The fourth-order valence-corrected chi connectivity index (χ4v) is 3.04. The van der Waals surface area contributed by atoms with Crippen LogP contribution in [0.3, 0.4) is 0 Å². The van der Waals surface area contributed by atoms with Gasteiger partial charge in [-0.25, -0.2) is 9.37 Å². The average Bonchev–Trinajstić information content (AvgIpc) is 3.01.